The van der Waals surface area contributed by atoms with E-state index in [2.05, 4.69) is 44.8 Å². The molecule has 1 rings (SSSR count). The number of benzene rings is 1. The van der Waals surface area contributed by atoms with E-state index in [1.165, 1.54) is 29.5 Å². The monoisotopic (exact) mass is 258 g/mol. The van der Waals surface area contributed by atoms with Crippen molar-refractivity contribution in [3.05, 3.63) is 47.7 Å². The predicted molar refractivity (Wildman–Crippen MR) is 85.9 cm³/mol. The molecule has 0 aliphatic carbocycles. The second-order valence-corrected chi connectivity index (χ2v) is 5.05. The zero-order valence-electron chi connectivity index (χ0n) is 12.4. The molecule has 19 heavy (non-hydrogen) atoms. The minimum absolute atomic E-state index is 0.819. The van der Waals surface area contributed by atoms with Gasteiger partial charge in [-0.2, -0.15) is 0 Å². The standard InChI is InChI=1S/C17H26N2/c1-5-6-11-19-15(4)8-7-13(2)17-10-9-16(18)12-14(17)3/h7,9-10,12,19H,4-6,8,11,18H2,1-3H3/b13-7+. The SMILES string of the molecule is C=C(C/C=C(\C)c1ccc(N)cc1C)NCCCC. The van der Waals surface area contributed by atoms with Crippen LogP contribution in [0.4, 0.5) is 5.69 Å². The summed E-state index contributed by atoms with van der Waals surface area (Å²) >= 11 is 0. The van der Waals surface area contributed by atoms with Crippen LogP contribution in [0.15, 0.2) is 36.6 Å². The molecule has 1 aromatic carbocycles. The van der Waals surface area contributed by atoms with E-state index in [0.29, 0.717) is 0 Å². The summed E-state index contributed by atoms with van der Waals surface area (Å²) in [7, 11) is 0. The maximum Gasteiger partial charge on any atom is 0.0317 e. The zero-order valence-corrected chi connectivity index (χ0v) is 12.4. The van der Waals surface area contributed by atoms with Crippen LogP contribution in [0.2, 0.25) is 0 Å². The van der Waals surface area contributed by atoms with Crippen LogP contribution < -0.4 is 11.1 Å². The molecule has 0 unspecified atom stereocenters. The molecular formula is C17H26N2. The predicted octanol–water partition coefficient (Wildman–Crippen LogP) is 4.27. The second kappa shape index (κ2) is 7.67. The number of unbranched alkanes of at least 4 members (excludes halogenated alkanes) is 1. The lowest BCUT2D eigenvalue weighted by atomic mass is 10.00. The van der Waals surface area contributed by atoms with E-state index in [1.807, 2.05) is 12.1 Å². The zero-order chi connectivity index (χ0) is 14.3. The van der Waals surface area contributed by atoms with Crippen molar-refractivity contribution in [2.24, 2.45) is 0 Å². The lowest BCUT2D eigenvalue weighted by molar-refractivity contribution is 0.703. The first-order valence-electron chi connectivity index (χ1n) is 6.99. The minimum atomic E-state index is 0.819. The first-order chi connectivity index (χ1) is 9.04. The number of nitrogen functional groups attached to an aromatic ring is 1. The van der Waals surface area contributed by atoms with Crippen LogP contribution in [-0.2, 0) is 0 Å². The summed E-state index contributed by atoms with van der Waals surface area (Å²) in [6.45, 7) is 11.5. The summed E-state index contributed by atoms with van der Waals surface area (Å²) < 4.78 is 0. The maximum atomic E-state index is 5.77. The Bertz CT molecular complexity index is 458. The van der Waals surface area contributed by atoms with Crippen LogP contribution in [-0.4, -0.2) is 6.54 Å². The van der Waals surface area contributed by atoms with Gasteiger partial charge < -0.3 is 11.1 Å². The molecule has 1 aromatic rings. The van der Waals surface area contributed by atoms with Gasteiger partial charge in [0.05, 0.1) is 0 Å². The third-order valence-electron chi connectivity index (χ3n) is 3.24. The molecule has 0 heterocycles. The Kier molecular flexibility index (Phi) is 6.20. The van der Waals surface area contributed by atoms with Gasteiger partial charge in [-0.15, -0.1) is 0 Å². The Morgan fingerprint density at radius 3 is 2.79 bits per heavy atom. The van der Waals surface area contributed by atoms with Gasteiger partial charge >= 0.3 is 0 Å². The van der Waals surface area contributed by atoms with Gasteiger partial charge in [0.2, 0.25) is 0 Å². The van der Waals surface area contributed by atoms with Gasteiger partial charge in [0.15, 0.2) is 0 Å². The second-order valence-electron chi connectivity index (χ2n) is 5.05. The Morgan fingerprint density at radius 1 is 1.42 bits per heavy atom. The van der Waals surface area contributed by atoms with Gasteiger partial charge in [0, 0.05) is 24.4 Å². The molecule has 2 heteroatoms. The Labute approximate surface area is 117 Å². The number of anilines is 1. The fourth-order valence-electron chi connectivity index (χ4n) is 2.03. The molecular weight excluding hydrogens is 232 g/mol. The van der Waals surface area contributed by atoms with Crippen molar-refractivity contribution in [1.29, 1.82) is 0 Å². The van der Waals surface area contributed by atoms with Crippen molar-refractivity contribution < 1.29 is 0 Å². The molecule has 0 atom stereocenters. The molecule has 0 radical (unpaired) electrons. The maximum absolute atomic E-state index is 5.77. The van der Waals surface area contributed by atoms with E-state index in [9.17, 15) is 0 Å². The van der Waals surface area contributed by atoms with E-state index < -0.39 is 0 Å². The first-order valence-corrected chi connectivity index (χ1v) is 6.99. The van der Waals surface area contributed by atoms with E-state index in [1.54, 1.807) is 0 Å². The number of hydrogen-bond acceptors (Lipinski definition) is 2. The molecule has 0 saturated heterocycles. The molecule has 2 nitrogen and oxygen atoms in total. The first kappa shape index (κ1) is 15.4. The minimum Gasteiger partial charge on any atom is -0.399 e. The van der Waals surface area contributed by atoms with Crippen LogP contribution in [0, 0.1) is 6.92 Å². The highest BCUT2D eigenvalue weighted by Crippen LogP contribution is 2.21. The molecule has 0 fully saturated rings. The van der Waals surface area contributed by atoms with Crippen molar-refractivity contribution in [3.8, 4) is 0 Å². The molecule has 0 spiro atoms. The summed E-state index contributed by atoms with van der Waals surface area (Å²) in [6.07, 6.45) is 5.50. The molecule has 0 bridgehead atoms. The number of rotatable bonds is 7. The molecule has 0 amide bonds. The fourth-order valence-corrected chi connectivity index (χ4v) is 2.03. The lowest BCUT2D eigenvalue weighted by Crippen LogP contribution is -2.13. The highest BCUT2D eigenvalue weighted by molar-refractivity contribution is 5.68. The van der Waals surface area contributed by atoms with Crippen molar-refractivity contribution in [3.63, 3.8) is 0 Å². The molecule has 3 N–H and O–H groups in total. The topological polar surface area (TPSA) is 38.0 Å². The normalized spacial score (nSPS) is 11.4. The number of nitrogens with one attached hydrogen (secondary N) is 1. The summed E-state index contributed by atoms with van der Waals surface area (Å²) in [5, 5.41) is 3.36. The average Bonchev–Trinajstić information content (AvgIpc) is 2.36. The third kappa shape index (κ3) is 5.21. The van der Waals surface area contributed by atoms with Crippen molar-refractivity contribution in [2.45, 2.75) is 40.0 Å². The highest BCUT2D eigenvalue weighted by Gasteiger charge is 2.01. The number of allylic oxidation sites excluding steroid dienone is 2. The third-order valence-corrected chi connectivity index (χ3v) is 3.24. The van der Waals surface area contributed by atoms with E-state index >= 15 is 0 Å². The van der Waals surface area contributed by atoms with Gasteiger partial charge in [0.25, 0.3) is 0 Å². The Morgan fingerprint density at radius 2 is 2.16 bits per heavy atom. The van der Waals surface area contributed by atoms with E-state index in [4.69, 9.17) is 5.73 Å². The summed E-state index contributed by atoms with van der Waals surface area (Å²) in [5.74, 6) is 0. The van der Waals surface area contributed by atoms with Crippen molar-refractivity contribution in [1.82, 2.24) is 5.32 Å². The summed E-state index contributed by atoms with van der Waals surface area (Å²) in [6, 6.07) is 6.05. The number of nitrogens with two attached hydrogens (primary N) is 1. The molecule has 0 aliphatic heterocycles. The van der Waals surface area contributed by atoms with Crippen LogP contribution in [0.5, 0.6) is 0 Å². The molecule has 0 aliphatic rings. The molecule has 104 valence electrons. The molecule has 0 aromatic heterocycles. The van der Waals surface area contributed by atoms with Gasteiger partial charge in [0.1, 0.15) is 0 Å². The number of hydrogen-bond donors (Lipinski definition) is 2. The van der Waals surface area contributed by atoms with Gasteiger partial charge in [-0.3, -0.25) is 0 Å². The highest BCUT2D eigenvalue weighted by atomic mass is 14.9. The average molecular weight is 258 g/mol. The fraction of sp³-hybridized carbons (Fsp3) is 0.412. The van der Waals surface area contributed by atoms with Crippen LogP contribution in [0.25, 0.3) is 5.57 Å². The van der Waals surface area contributed by atoms with Crippen molar-refractivity contribution >= 4 is 11.3 Å². The lowest BCUT2D eigenvalue weighted by Gasteiger charge is -2.09. The van der Waals surface area contributed by atoms with Crippen LogP contribution in [0.1, 0.15) is 44.2 Å². The quantitative estimate of drug-likeness (QED) is 0.566. The van der Waals surface area contributed by atoms with E-state index in [-0.39, 0.29) is 0 Å². The Hall–Kier alpha value is -1.70. The van der Waals surface area contributed by atoms with Gasteiger partial charge in [-0.05, 0) is 49.1 Å². The molecule has 0 saturated carbocycles. The van der Waals surface area contributed by atoms with E-state index in [0.717, 1.165) is 24.4 Å². The summed E-state index contributed by atoms with van der Waals surface area (Å²) in [4.78, 5) is 0. The van der Waals surface area contributed by atoms with Crippen molar-refractivity contribution in [2.75, 3.05) is 12.3 Å². The smallest absolute Gasteiger partial charge is 0.0317 e. The van der Waals surface area contributed by atoms with Crippen LogP contribution in [0.3, 0.4) is 0 Å². The number of aryl methyl sites for hydroxylation is 1. The van der Waals surface area contributed by atoms with Crippen LogP contribution >= 0.6 is 0 Å². The Balaban J connectivity index is 2.59. The van der Waals surface area contributed by atoms with Gasteiger partial charge in [-0.25, -0.2) is 0 Å². The largest absolute Gasteiger partial charge is 0.399 e. The van der Waals surface area contributed by atoms with Gasteiger partial charge in [-0.1, -0.05) is 32.1 Å². The summed E-state index contributed by atoms with van der Waals surface area (Å²) in [5.41, 5.74) is 11.4.